The minimum Gasteiger partial charge on any atom is -0.343 e. The number of pyridine rings is 1. The van der Waals surface area contributed by atoms with Crippen LogP contribution in [0, 0.1) is 5.92 Å². The summed E-state index contributed by atoms with van der Waals surface area (Å²) in [6.45, 7) is 6.39. The van der Waals surface area contributed by atoms with Crippen molar-refractivity contribution in [1.82, 2.24) is 30.1 Å². The Kier molecular flexibility index (Phi) is 6.74. The summed E-state index contributed by atoms with van der Waals surface area (Å²) in [6.07, 6.45) is 5.37. The number of amides is 2. The lowest BCUT2D eigenvalue weighted by atomic mass is 10.00. The van der Waals surface area contributed by atoms with Crippen LogP contribution >= 0.6 is 0 Å². The summed E-state index contributed by atoms with van der Waals surface area (Å²) >= 11 is 0. The molecule has 0 aliphatic carbocycles. The van der Waals surface area contributed by atoms with Crippen molar-refractivity contribution in [2.45, 2.75) is 51.7 Å². The van der Waals surface area contributed by atoms with E-state index in [0.717, 1.165) is 35.3 Å². The van der Waals surface area contributed by atoms with Crippen LogP contribution in [0.2, 0.25) is 0 Å². The second kappa shape index (κ2) is 9.70. The van der Waals surface area contributed by atoms with Gasteiger partial charge in [-0.2, -0.15) is 0 Å². The Labute approximate surface area is 194 Å². The maximum atomic E-state index is 13.6. The molecule has 4 rings (SSSR count). The summed E-state index contributed by atoms with van der Waals surface area (Å²) < 4.78 is 1.97. The van der Waals surface area contributed by atoms with E-state index >= 15 is 0 Å². The summed E-state index contributed by atoms with van der Waals surface area (Å²) in [6, 6.07) is 11.0. The Hall–Kier alpha value is -3.26. The van der Waals surface area contributed by atoms with Gasteiger partial charge in [0.05, 0.1) is 23.1 Å². The Morgan fingerprint density at radius 1 is 1.12 bits per heavy atom. The highest BCUT2D eigenvalue weighted by atomic mass is 16.2. The van der Waals surface area contributed by atoms with Crippen molar-refractivity contribution in [3.63, 3.8) is 0 Å². The highest BCUT2D eigenvalue weighted by Crippen LogP contribution is 2.33. The Morgan fingerprint density at radius 2 is 1.91 bits per heavy atom. The molecule has 33 heavy (non-hydrogen) atoms. The maximum absolute atomic E-state index is 13.6. The topological polar surface area (TPSA) is 92.2 Å². The fraction of sp³-hybridized carbons (Fsp3) is 0.440. The molecule has 1 aliphatic heterocycles. The van der Waals surface area contributed by atoms with Gasteiger partial charge >= 0.3 is 0 Å². The number of hydrogen-bond acceptors (Lipinski definition) is 5. The van der Waals surface area contributed by atoms with Crippen LogP contribution in [0.15, 0.2) is 48.9 Å². The molecule has 3 unspecified atom stereocenters. The van der Waals surface area contributed by atoms with Crippen LogP contribution in [0.1, 0.15) is 45.2 Å². The number of fused-ring (bicyclic) bond motifs is 1. The molecule has 3 aromatic rings. The van der Waals surface area contributed by atoms with Crippen molar-refractivity contribution in [3.8, 4) is 5.82 Å². The normalized spacial score (nSPS) is 18.0. The fourth-order valence-corrected chi connectivity index (χ4v) is 4.39. The first kappa shape index (κ1) is 22.9. The number of imidazole rings is 1. The van der Waals surface area contributed by atoms with E-state index in [1.807, 2.05) is 59.7 Å². The molecule has 0 radical (unpaired) electrons. The van der Waals surface area contributed by atoms with Crippen LogP contribution in [-0.2, 0) is 9.59 Å². The molecule has 1 aliphatic rings. The van der Waals surface area contributed by atoms with Crippen molar-refractivity contribution in [2.75, 3.05) is 13.6 Å². The Bertz CT molecular complexity index is 1140. The van der Waals surface area contributed by atoms with E-state index in [-0.39, 0.29) is 29.8 Å². The molecular weight excluding hydrogens is 416 g/mol. The largest absolute Gasteiger partial charge is 0.343 e. The molecule has 8 heteroatoms. The number of benzene rings is 1. The number of nitrogens with one attached hydrogen (secondary N) is 2. The molecule has 2 aromatic heterocycles. The van der Waals surface area contributed by atoms with Crippen LogP contribution in [0.4, 0.5) is 0 Å². The van der Waals surface area contributed by atoms with Crippen LogP contribution in [0.25, 0.3) is 16.9 Å². The Morgan fingerprint density at radius 3 is 2.67 bits per heavy atom. The zero-order valence-electron chi connectivity index (χ0n) is 19.7. The minimum atomic E-state index is -0.562. The number of hydrogen-bond donors (Lipinski definition) is 2. The van der Waals surface area contributed by atoms with Gasteiger partial charge in [0.25, 0.3) is 0 Å². The van der Waals surface area contributed by atoms with E-state index < -0.39 is 6.04 Å². The fourth-order valence-electron chi connectivity index (χ4n) is 4.39. The van der Waals surface area contributed by atoms with Gasteiger partial charge in [0, 0.05) is 12.7 Å². The smallest absolute Gasteiger partial charge is 0.245 e. The molecule has 3 atom stereocenters. The highest BCUT2D eigenvalue weighted by Gasteiger charge is 2.36. The first-order chi connectivity index (χ1) is 15.9. The third kappa shape index (κ3) is 4.61. The van der Waals surface area contributed by atoms with Gasteiger partial charge < -0.3 is 15.5 Å². The van der Waals surface area contributed by atoms with Crippen molar-refractivity contribution in [1.29, 1.82) is 0 Å². The number of aromatic nitrogens is 3. The predicted molar refractivity (Wildman–Crippen MR) is 128 cm³/mol. The average Bonchev–Trinajstić information content (AvgIpc) is 3.49. The monoisotopic (exact) mass is 448 g/mol. The lowest BCUT2D eigenvalue weighted by molar-refractivity contribution is -0.138. The van der Waals surface area contributed by atoms with Gasteiger partial charge in [0.15, 0.2) is 0 Å². The quantitative estimate of drug-likeness (QED) is 0.580. The summed E-state index contributed by atoms with van der Waals surface area (Å²) in [5.41, 5.74) is 2.94. The van der Waals surface area contributed by atoms with Gasteiger partial charge in [-0.25, -0.2) is 9.97 Å². The Balaban J connectivity index is 1.60. The van der Waals surface area contributed by atoms with E-state index in [1.54, 1.807) is 26.5 Å². The molecule has 174 valence electrons. The molecule has 0 bridgehead atoms. The van der Waals surface area contributed by atoms with Gasteiger partial charge in [-0.15, -0.1) is 0 Å². The molecule has 0 spiro atoms. The molecule has 1 fully saturated rings. The molecule has 8 nitrogen and oxygen atoms in total. The zero-order chi connectivity index (χ0) is 23.5. The molecule has 2 N–H and O–H groups in total. The van der Waals surface area contributed by atoms with Gasteiger partial charge in [0.1, 0.15) is 18.2 Å². The van der Waals surface area contributed by atoms with Crippen LogP contribution in [-0.4, -0.2) is 56.9 Å². The van der Waals surface area contributed by atoms with Crippen molar-refractivity contribution in [2.24, 2.45) is 5.92 Å². The van der Waals surface area contributed by atoms with Crippen molar-refractivity contribution < 1.29 is 9.59 Å². The van der Waals surface area contributed by atoms with Crippen molar-refractivity contribution in [3.05, 3.63) is 54.5 Å². The lowest BCUT2D eigenvalue weighted by Crippen LogP contribution is -2.54. The number of rotatable bonds is 7. The molecular formula is C25H32N6O2. The van der Waals surface area contributed by atoms with Gasteiger partial charge in [-0.05, 0) is 62.6 Å². The summed E-state index contributed by atoms with van der Waals surface area (Å²) in [5.74, 6) is 0.559. The van der Waals surface area contributed by atoms with Gasteiger partial charge in [-0.1, -0.05) is 26.0 Å². The van der Waals surface area contributed by atoms with E-state index in [0.29, 0.717) is 6.54 Å². The molecule has 1 saturated heterocycles. The summed E-state index contributed by atoms with van der Waals surface area (Å²) in [5, 5.41) is 5.89. The molecule has 2 amide bonds. The van der Waals surface area contributed by atoms with Crippen LogP contribution in [0.5, 0.6) is 0 Å². The maximum Gasteiger partial charge on any atom is 0.245 e. The standard InChI is InChI=1S/C25H32N6O2/c1-16(2)23(29-24(32)17(3)26-4)25(33)30-13-7-10-20(30)18-11-12-27-22(14-18)31-15-28-19-8-5-6-9-21(19)31/h5-6,8-9,11-12,14-17,20,23,26H,7,10,13H2,1-4H3,(H,29,32). The first-order valence-corrected chi connectivity index (χ1v) is 11.6. The third-order valence-electron chi connectivity index (χ3n) is 6.45. The first-order valence-electron chi connectivity index (χ1n) is 11.6. The SMILES string of the molecule is CNC(C)C(=O)NC(C(=O)N1CCCC1c1ccnc(-n2cnc3ccccc32)c1)C(C)C. The number of carbonyl (C=O) groups excluding carboxylic acids is 2. The lowest BCUT2D eigenvalue weighted by Gasteiger charge is -2.32. The van der Waals surface area contributed by atoms with E-state index in [9.17, 15) is 9.59 Å². The van der Waals surface area contributed by atoms with Gasteiger partial charge in [0.2, 0.25) is 11.8 Å². The van der Waals surface area contributed by atoms with E-state index in [4.69, 9.17) is 0 Å². The number of carbonyl (C=O) groups is 2. The summed E-state index contributed by atoms with van der Waals surface area (Å²) in [4.78, 5) is 37.0. The highest BCUT2D eigenvalue weighted by molar-refractivity contribution is 5.90. The van der Waals surface area contributed by atoms with Gasteiger partial charge in [-0.3, -0.25) is 14.2 Å². The average molecular weight is 449 g/mol. The summed E-state index contributed by atoms with van der Waals surface area (Å²) in [7, 11) is 1.73. The number of likely N-dealkylation sites (N-methyl/N-ethyl adjacent to an activating group) is 1. The predicted octanol–water partition coefficient (Wildman–Crippen LogP) is 2.83. The molecule has 0 saturated carbocycles. The third-order valence-corrected chi connectivity index (χ3v) is 6.45. The second-order valence-electron chi connectivity index (χ2n) is 8.98. The van der Waals surface area contributed by atoms with Crippen molar-refractivity contribution >= 4 is 22.8 Å². The van der Waals surface area contributed by atoms with E-state index in [1.165, 1.54) is 0 Å². The van der Waals surface area contributed by atoms with E-state index in [2.05, 4.69) is 20.6 Å². The minimum absolute atomic E-state index is 0.0166. The zero-order valence-corrected chi connectivity index (χ0v) is 19.7. The molecule has 1 aromatic carbocycles. The second-order valence-corrected chi connectivity index (χ2v) is 8.98. The number of likely N-dealkylation sites (tertiary alicyclic amines) is 1. The molecule has 3 heterocycles. The number of nitrogens with zero attached hydrogens (tertiary/aromatic N) is 4. The van der Waals surface area contributed by atoms with Crippen LogP contribution in [0.3, 0.4) is 0 Å². The number of para-hydroxylation sites is 2. The van der Waals surface area contributed by atoms with Crippen LogP contribution < -0.4 is 10.6 Å².